The van der Waals surface area contributed by atoms with Crippen molar-refractivity contribution in [3.05, 3.63) is 0 Å². The number of ether oxygens (including phenoxy) is 1. The zero-order valence-corrected chi connectivity index (χ0v) is 10.2. The molecule has 0 spiro atoms. The minimum absolute atomic E-state index is 0.136. The first kappa shape index (κ1) is 12.3. The molecule has 0 unspecified atom stereocenters. The predicted octanol–water partition coefficient (Wildman–Crippen LogP) is 1.32. The number of hydrogen-bond acceptors (Lipinski definition) is 2. The van der Waals surface area contributed by atoms with E-state index in [-0.39, 0.29) is 6.09 Å². The average molecular weight is 215 g/mol. The number of rotatable bonds is 3. The Morgan fingerprint density at radius 1 is 1.20 bits per heavy atom. The van der Waals surface area contributed by atoms with E-state index in [9.17, 15) is 4.79 Å². The van der Waals surface area contributed by atoms with Crippen molar-refractivity contribution in [2.75, 3.05) is 47.4 Å². The lowest BCUT2D eigenvalue weighted by atomic mass is 10.1. The van der Waals surface area contributed by atoms with Gasteiger partial charge in [-0.05, 0) is 19.3 Å². The number of likely N-dealkylation sites (N-methyl/N-ethyl adjacent to an activating group) is 1. The highest BCUT2D eigenvalue weighted by Crippen LogP contribution is 2.09. The third-order valence-corrected chi connectivity index (χ3v) is 2.60. The second-order valence-corrected chi connectivity index (χ2v) is 5.18. The lowest BCUT2D eigenvalue weighted by Crippen LogP contribution is -2.40. The van der Waals surface area contributed by atoms with Gasteiger partial charge in [-0.1, -0.05) is 0 Å². The molecule has 0 aromatic rings. The summed E-state index contributed by atoms with van der Waals surface area (Å²) in [5.41, 5.74) is 0. The van der Waals surface area contributed by atoms with Gasteiger partial charge in [-0.3, -0.25) is 0 Å². The van der Waals surface area contributed by atoms with Gasteiger partial charge in [-0.2, -0.15) is 0 Å². The molecule has 0 aromatic heterocycles. The van der Waals surface area contributed by atoms with E-state index < -0.39 is 0 Å². The Labute approximate surface area is 92.4 Å². The van der Waals surface area contributed by atoms with Crippen LogP contribution in [0.2, 0.25) is 0 Å². The zero-order chi connectivity index (χ0) is 11.3. The van der Waals surface area contributed by atoms with Gasteiger partial charge in [0.2, 0.25) is 0 Å². The van der Waals surface area contributed by atoms with Crippen molar-refractivity contribution < 1.29 is 14.0 Å². The monoisotopic (exact) mass is 215 g/mol. The summed E-state index contributed by atoms with van der Waals surface area (Å²) in [6.07, 6.45) is 3.33. The number of carbonyl (C=O) groups is 1. The molecule has 0 aromatic carbocycles. The van der Waals surface area contributed by atoms with Crippen molar-refractivity contribution in [1.82, 2.24) is 4.90 Å². The highest BCUT2D eigenvalue weighted by Gasteiger charge is 2.18. The molecule has 1 heterocycles. The molecule has 0 bridgehead atoms. The summed E-state index contributed by atoms with van der Waals surface area (Å²) in [5.74, 6) is 0. The quantitative estimate of drug-likeness (QED) is 0.664. The standard InChI is InChI=1S/C11H23N2O2/c1-13(2,3)9-10-15-11(14)12-7-5-4-6-8-12/h4-10H2,1-3H3/q+1. The first-order valence-corrected chi connectivity index (χ1v) is 5.71. The van der Waals surface area contributed by atoms with Crippen LogP contribution in [-0.4, -0.2) is 62.9 Å². The SMILES string of the molecule is C[N+](C)(C)CCOC(=O)N1CCCCC1. The maximum Gasteiger partial charge on any atom is 0.409 e. The van der Waals surface area contributed by atoms with E-state index in [0.29, 0.717) is 6.61 Å². The van der Waals surface area contributed by atoms with Gasteiger partial charge in [0.1, 0.15) is 13.2 Å². The van der Waals surface area contributed by atoms with Gasteiger partial charge in [0.05, 0.1) is 21.1 Å². The van der Waals surface area contributed by atoms with Crippen LogP contribution in [0.25, 0.3) is 0 Å². The topological polar surface area (TPSA) is 29.5 Å². The summed E-state index contributed by atoms with van der Waals surface area (Å²) in [4.78, 5) is 13.4. The fraction of sp³-hybridized carbons (Fsp3) is 0.909. The molecule has 1 fully saturated rings. The van der Waals surface area contributed by atoms with Crippen molar-refractivity contribution in [3.63, 3.8) is 0 Å². The minimum Gasteiger partial charge on any atom is -0.443 e. The molecular weight excluding hydrogens is 192 g/mol. The molecular formula is C11H23N2O2+. The number of amides is 1. The summed E-state index contributed by atoms with van der Waals surface area (Å²) in [6.45, 7) is 3.10. The van der Waals surface area contributed by atoms with Crippen LogP contribution in [0.1, 0.15) is 19.3 Å². The molecule has 1 amide bonds. The van der Waals surface area contributed by atoms with E-state index in [0.717, 1.165) is 37.0 Å². The third-order valence-electron chi connectivity index (χ3n) is 2.60. The summed E-state index contributed by atoms with van der Waals surface area (Å²) in [6, 6.07) is 0. The Bertz CT molecular complexity index is 205. The van der Waals surface area contributed by atoms with Crippen LogP contribution in [0.4, 0.5) is 4.79 Å². The molecule has 0 atom stereocenters. The van der Waals surface area contributed by atoms with Crippen molar-refractivity contribution in [1.29, 1.82) is 0 Å². The third kappa shape index (κ3) is 5.02. The van der Waals surface area contributed by atoms with Crippen LogP contribution in [0.5, 0.6) is 0 Å². The van der Waals surface area contributed by atoms with E-state index >= 15 is 0 Å². The Morgan fingerprint density at radius 2 is 1.80 bits per heavy atom. The number of carbonyl (C=O) groups excluding carboxylic acids is 1. The highest BCUT2D eigenvalue weighted by atomic mass is 16.6. The maximum atomic E-state index is 11.6. The van der Waals surface area contributed by atoms with E-state index in [1.54, 1.807) is 0 Å². The highest BCUT2D eigenvalue weighted by molar-refractivity contribution is 5.67. The Hall–Kier alpha value is -0.770. The molecule has 1 aliphatic heterocycles. The van der Waals surface area contributed by atoms with Crippen LogP contribution < -0.4 is 0 Å². The smallest absolute Gasteiger partial charge is 0.409 e. The number of quaternary nitrogens is 1. The van der Waals surface area contributed by atoms with E-state index in [4.69, 9.17) is 4.74 Å². The van der Waals surface area contributed by atoms with Crippen molar-refractivity contribution in [2.24, 2.45) is 0 Å². The Balaban J connectivity index is 2.17. The molecule has 15 heavy (non-hydrogen) atoms. The molecule has 4 heteroatoms. The second-order valence-electron chi connectivity index (χ2n) is 5.18. The van der Waals surface area contributed by atoms with Gasteiger partial charge in [0.25, 0.3) is 0 Å². The predicted molar refractivity (Wildman–Crippen MR) is 59.7 cm³/mol. The lowest BCUT2D eigenvalue weighted by molar-refractivity contribution is -0.870. The Kier molecular flexibility index (Phi) is 4.39. The normalized spacial score (nSPS) is 17.7. The average Bonchev–Trinajstić information content (AvgIpc) is 2.17. The van der Waals surface area contributed by atoms with Gasteiger partial charge in [0.15, 0.2) is 0 Å². The van der Waals surface area contributed by atoms with Crippen LogP contribution in [0, 0.1) is 0 Å². The molecule has 0 aliphatic carbocycles. The van der Waals surface area contributed by atoms with E-state index in [1.165, 1.54) is 6.42 Å². The van der Waals surface area contributed by atoms with Crippen LogP contribution >= 0.6 is 0 Å². The first-order valence-electron chi connectivity index (χ1n) is 5.71. The van der Waals surface area contributed by atoms with Crippen molar-refractivity contribution >= 4 is 6.09 Å². The minimum atomic E-state index is -0.136. The van der Waals surface area contributed by atoms with Gasteiger partial charge in [-0.25, -0.2) is 4.79 Å². The first-order chi connectivity index (χ1) is 6.99. The summed E-state index contributed by atoms with van der Waals surface area (Å²) in [5, 5.41) is 0. The molecule has 1 saturated heterocycles. The van der Waals surface area contributed by atoms with Crippen molar-refractivity contribution in [2.45, 2.75) is 19.3 Å². The summed E-state index contributed by atoms with van der Waals surface area (Å²) in [7, 11) is 6.28. The molecule has 1 rings (SSSR count). The molecule has 0 N–H and O–H groups in total. The van der Waals surface area contributed by atoms with Gasteiger partial charge in [-0.15, -0.1) is 0 Å². The van der Waals surface area contributed by atoms with Crippen LogP contribution in [0.15, 0.2) is 0 Å². The number of likely N-dealkylation sites (tertiary alicyclic amines) is 1. The van der Waals surface area contributed by atoms with Crippen LogP contribution in [0.3, 0.4) is 0 Å². The van der Waals surface area contributed by atoms with E-state index in [1.807, 2.05) is 4.90 Å². The summed E-state index contributed by atoms with van der Waals surface area (Å²) >= 11 is 0. The molecule has 0 radical (unpaired) electrons. The number of piperidine rings is 1. The van der Waals surface area contributed by atoms with Gasteiger partial charge in [0, 0.05) is 13.1 Å². The largest absolute Gasteiger partial charge is 0.443 e. The zero-order valence-electron chi connectivity index (χ0n) is 10.2. The summed E-state index contributed by atoms with van der Waals surface area (Å²) < 4.78 is 6.06. The van der Waals surface area contributed by atoms with Gasteiger partial charge < -0.3 is 14.1 Å². The number of hydrogen-bond donors (Lipinski definition) is 0. The van der Waals surface area contributed by atoms with Gasteiger partial charge >= 0.3 is 6.09 Å². The Morgan fingerprint density at radius 3 is 2.33 bits per heavy atom. The fourth-order valence-corrected chi connectivity index (χ4v) is 1.57. The van der Waals surface area contributed by atoms with Crippen molar-refractivity contribution in [3.8, 4) is 0 Å². The second kappa shape index (κ2) is 5.35. The lowest BCUT2D eigenvalue weighted by Gasteiger charge is -2.27. The molecule has 0 saturated carbocycles. The maximum absolute atomic E-state index is 11.6. The fourth-order valence-electron chi connectivity index (χ4n) is 1.57. The van der Waals surface area contributed by atoms with Crippen LogP contribution in [-0.2, 0) is 4.74 Å². The molecule has 1 aliphatic rings. The molecule has 88 valence electrons. The molecule has 4 nitrogen and oxygen atoms in total. The van der Waals surface area contributed by atoms with E-state index in [2.05, 4.69) is 21.1 Å². The number of nitrogens with zero attached hydrogens (tertiary/aromatic N) is 2.